The first kappa shape index (κ1) is 17.7. The highest BCUT2D eigenvalue weighted by Gasteiger charge is 2.13. The molecule has 0 aliphatic heterocycles. The number of guanidine groups is 1. The molecular weight excluding hydrogens is 242 g/mol. The predicted octanol–water partition coefficient (Wildman–Crippen LogP) is 1.93. The molecule has 2 unspecified atom stereocenters. The van der Waals surface area contributed by atoms with Crippen LogP contribution in [-0.2, 0) is 9.53 Å². The summed E-state index contributed by atoms with van der Waals surface area (Å²) in [6.45, 7) is 6.70. The Morgan fingerprint density at radius 2 is 2.00 bits per heavy atom. The van der Waals surface area contributed by atoms with Crippen LogP contribution < -0.4 is 10.6 Å². The quantitative estimate of drug-likeness (QED) is 0.306. The molecule has 0 aliphatic rings. The average Bonchev–Trinajstić information content (AvgIpc) is 2.42. The number of methoxy groups -OCH3 is 1. The van der Waals surface area contributed by atoms with Gasteiger partial charge in [-0.2, -0.15) is 0 Å². The summed E-state index contributed by atoms with van der Waals surface area (Å²) in [6.07, 6.45) is 4.84. The van der Waals surface area contributed by atoms with E-state index in [1.165, 1.54) is 26.4 Å². The number of ether oxygens (including phenoxy) is 1. The molecule has 112 valence electrons. The Labute approximate surface area is 117 Å². The lowest BCUT2D eigenvalue weighted by Gasteiger charge is -2.19. The summed E-state index contributed by atoms with van der Waals surface area (Å²) in [5, 5.41) is 6.47. The molecule has 0 heterocycles. The van der Waals surface area contributed by atoms with Gasteiger partial charge in [-0.05, 0) is 13.3 Å². The van der Waals surface area contributed by atoms with E-state index in [9.17, 15) is 4.79 Å². The van der Waals surface area contributed by atoms with Crippen molar-refractivity contribution < 1.29 is 9.53 Å². The Morgan fingerprint density at radius 3 is 2.53 bits per heavy atom. The molecule has 2 atom stereocenters. The first-order valence-corrected chi connectivity index (χ1v) is 7.10. The Balaban J connectivity index is 3.98. The van der Waals surface area contributed by atoms with Crippen molar-refractivity contribution in [2.24, 2.45) is 10.9 Å². The van der Waals surface area contributed by atoms with Gasteiger partial charge in [0.25, 0.3) is 0 Å². The molecule has 0 saturated heterocycles. The molecule has 5 nitrogen and oxygen atoms in total. The van der Waals surface area contributed by atoms with Gasteiger partial charge in [0, 0.05) is 19.6 Å². The molecular formula is C14H29N3O2. The standard InChI is InChI=1S/C14H29N3O2/c1-6-7-8-9-12(3)17-14(15-4)16-10-11(2)13(18)19-5/h11-12H,6-10H2,1-5H3,(H2,15,16,17). The molecule has 0 aromatic rings. The molecule has 0 radical (unpaired) electrons. The summed E-state index contributed by atoms with van der Waals surface area (Å²) in [5.41, 5.74) is 0. The third-order valence-electron chi connectivity index (χ3n) is 3.03. The second kappa shape index (κ2) is 10.6. The van der Waals surface area contributed by atoms with Crippen molar-refractivity contribution in [3.8, 4) is 0 Å². The van der Waals surface area contributed by atoms with Gasteiger partial charge in [0.2, 0.25) is 0 Å². The SMILES string of the molecule is CCCCCC(C)NC(=NC)NCC(C)C(=O)OC. The van der Waals surface area contributed by atoms with Crippen LogP contribution in [-0.4, -0.2) is 38.7 Å². The molecule has 19 heavy (non-hydrogen) atoms. The minimum atomic E-state index is -0.209. The normalized spacial score (nSPS) is 14.7. The summed E-state index contributed by atoms with van der Waals surface area (Å²) >= 11 is 0. The number of nitrogens with zero attached hydrogens (tertiary/aromatic N) is 1. The summed E-state index contributed by atoms with van der Waals surface area (Å²) in [7, 11) is 3.14. The number of aliphatic imine (C=N–C) groups is 1. The van der Waals surface area contributed by atoms with Crippen LogP contribution in [0.2, 0.25) is 0 Å². The Hall–Kier alpha value is -1.26. The lowest BCUT2D eigenvalue weighted by Crippen LogP contribution is -2.44. The van der Waals surface area contributed by atoms with Gasteiger partial charge in [-0.1, -0.05) is 33.1 Å². The smallest absolute Gasteiger partial charge is 0.310 e. The molecule has 2 N–H and O–H groups in total. The third-order valence-corrected chi connectivity index (χ3v) is 3.03. The number of carbonyl (C=O) groups excluding carboxylic acids is 1. The molecule has 0 bridgehead atoms. The van der Waals surface area contributed by atoms with Crippen LogP contribution in [0.25, 0.3) is 0 Å². The van der Waals surface area contributed by atoms with Gasteiger partial charge < -0.3 is 15.4 Å². The van der Waals surface area contributed by atoms with Crippen molar-refractivity contribution in [3.63, 3.8) is 0 Å². The van der Waals surface area contributed by atoms with Crippen LogP contribution in [0.3, 0.4) is 0 Å². The van der Waals surface area contributed by atoms with Crippen LogP contribution >= 0.6 is 0 Å². The van der Waals surface area contributed by atoms with Gasteiger partial charge in [0.15, 0.2) is 5.96 Å². The first-order chi connectivity index (χ1) is 9.04. The largest absolute Gasteiger partial charge is 0.469 e. The van der Waals surface area contributed by atoms with E-state index in [-0.39, 0.29) is 11.9 Å². The van der Waals surface area contributed by atoms with Crippen LogP contribution in [0.5, 0.6) is 0 Å². The van der Waals surface area contributed by atoms with E-state index in [1.807, 2.05) is 6.92 Å². The van der Waals surface area contributed by atoms with Crippen molar-refractivity contribution >= 4 is 11.9 Å². The van der Waals surface area contributed by atoms with E-state index >= 15 is 0 Å². The topological polar surface area (TPSA) is 62.7 Å². The maximum atomic E-state index is 11.3. The zero-order valence-corrected chi connectivity index (χ0v) is 13.0. The van der Waals surface area contributed by atoms with Crippen molar-refractivity contribution in [1.82, 2.24) is 10.6 Å². The number of hydrogen-bond donors (Lipinski definition) is 2. The molecule has 0 amide bonds. The molecule has 0 aromatic carbocycles. The zero-order valence-electron chi connectivity index (χ0n) is 13.0. The van der Waals surface area contributed by atoms with Crippen LogP contribution in [0.1, 0.15) is 46.5 Å². The maximum Gasteiger partial charge on any atom is 0.310 e. The van der Waals surface area contributed by atoms with Gasteiger partial charge in [0.1, 0.15) is 0 Å². The fourth-order valence-corrected chi connectivity index (χ4v) is 1.74. The predicted molar refractivity (Wildman–Crippen MR) is 79.3 cm³/mol. The zero-order chi connectivity index (χ0) is 14.7. The Bertz CT molecular complexity index is 280. The van der Waals surface area contributed by atoms with E-state index in [4.69, 9.17) is 0 Å². The summed E-state index contributed by atoms with van der Waals surface area (Å²) in [5.74, 6) is 0.345. The minimum Gasteiger partial charge on any atom is -0.469 e. The van der Waals surface area contributed by atoms with E-state index in [0.29, 0.717) is 12.6 Å². The summed E-state index contributed by atoms with van der Waals surface area (Å²) in [6, 6.07) is 0.381. The second-order valence-electron chi connectivity index (χ2n) is 4.92. The number of nitrogens with one attached hydrogen (secondary N) is 2. The van der Waals surface area contributed by atoms with Crippen molar-refractivity contribution in [3.05, 3.63) is 0 Å². The fourth-order valence-electron chi connectivity index (χ4n) is 1.74. The maximum absolute atomic E-state index is 11.3. The second-order valence-corrected chi connectivity index (χ2v) is 4.92. The lowest BCUT2D eigenvalue weighted by atomic mass is 10.1. The van der Waals surface area contributed by atoms with Gasteiger partial charge in [-0.25, -0.2) is 0 Å². The molecule has 0 rings (SSSR count). The number of esters is 1. The highest BCUT2D eigenvalue weighted by molar-refractivity contribution is 5.80. The van der Waals surface area contributed by atoms with Crippen molar-refractivity contribution in [1.29, 1.82) is 0 Å². The van der Waals surface area contributed by atoms with Gasteiger partial charge in [-0.3, -0.25) is 9.79 Å². The van der Waals surface area contributed by atoms with Gasteiger partial charge in [0.05, 0.1) is 13.0 Å². The Morgan fingerprint density at radius 1 is 1.32 bits per heavy atom. The number of unbranched alkanes of at least 4 members (excludes halogenated alkanes) is 2. The first-order valence-electron chi connectivity index (χ1n) is 7.10. The van der Waals surface area contributed by atoms with Crippen molar-refractivity contribution in [2.45, 2.75) is 52.5 Å². The monoisotopic (exact) mass is 271 g/mol. The van der Waals surface area contributed by atoms with Crippen molar-refractivity contribution in [2.75, 3.05) is 20.7 Å². The van der Waals surface area contributed by atoms with Gasteiger partial charge >= 0.3 is 5.97 Å². The summed E-state index contributed by atoms with van der Waals surface area (Å²) < 4.78 is 4.69. The number of hydrogen-bond acceptors (Lipinski definition) is 3. The van der Waals surface area contributed by atoms with Crippen LogP contribution in [0.15, 0.2) is 4.99 Å². The molecule has 0 fully saturated rings. The average molecular weight is 271 g/mol. The molecule has 0 spiro atoms. The highest BCUT2D eigenvalue weighted by Crippen LogP contribution is 2.02. The highest BCUT2D eigenvalue weighted by atomic mass is 16.5. The lowest BCUT2D eigenvalue weighted by molar-refractivity contribution is -0.144. The molecule has 0 saturated carbocycles. The van der Waals surface area contributed by atoms with Gasteiger partial charge in [-0.15, -0.1) is 0 Å². The van der Waals surface area contributed by atoms with Crippen LogP contribution in [0.4, 0.5) is 0 Å². The molecule has 0 aromatic heterocycles. The fraction of sp³-hybridized carbons (Fsp3) is 0.857. The summed E-state index contributed by atoms with van der Waals surface area (Å²) in [4.78, 5) is 15.4. The van der Waals surface area contributed by atoms with E-state index in [0.717, 1.165) is 12.4 Å². The molecule has 5 heteroatoms. The minimum absolute atomic E-state index is 0.182. The number of carbonyl (C=O) groups is 1. The molecule has 0 aliphatic carbocycles. The van der Waals surface area contributed by atoms with E-state index in [1.54, 1.807) is 7.05 Å². The van der Waals surface area contributed by atoms with E-state index in [2.05, 4.69) is 34.2 Å². The van der Waals surface area contributed by atoms with Crippen LogP contribution in [0, 0.1) is 5.92 Å². The Kier molecular flexibility index (Phi) is 9.94. The number of rotatable bonds is 8. The van der Waals surface area contributed by atoms with E-state index < -0.39 is 0 Å². The third kappa shape index (κ3) is 8.46.